The van der Waals surface area contributed by atoms with Gasteiger partial charge in [0.15, 0.2) is 0 Å². The molecule has 2 heterocycles. The Hall–Kier alpha value is -2.17. The zero-order valence-corrected chi connectivity index (χ0v) is 13.4. The van der Waals surface area contributed by atoms with Crippen molar-refractivity contribution in [1.82, 2.24) is 15.0 Å². The largest absolute Gasteiger partial charge is 0.383 e. The third-order valence-corrected chi connectivity index (χ3v) is 3.29. The number of pyridine rings is 1. The quantitative estimate of drug-likeness (QED) is 0.906. The van der Waals surface area contributed by atoms with Crippen molar-refractivity contribution in [2.45, 2.75) is 46.6 Å². The van der Waals surface area contributed by atoms with Gasteiger partial charge in [-0.05, 0) is 25.5 Å². The lowest BCUT2D eigenvalue weighted by molar-refractivity contribution is 0.546. The number of rotatable bonds is 3. The molecule has 0 bridgehead atoms. The van der Waals surface area contributed by atoms with Crippen LogP contribution in [0.1, 0.15) is 43.4 Å². The highest BCUT2D eigenvalue weighted by Crippen LogP contribution is 2.24. The third kappa shape index (κ3) is 3.68. The summed E-state index contributed by atoms with van der Waals surface area (Å²) >= 11 is 0. The number of nitrogens with one attached hydrogen (secondary N) is 1. The zero-order chi connectivity index (χ0) is 15.6. The van der Waals surface area contributed by atoms with Crippen molar-refractivity contribution in [3.05, 3.63) is 41.0 Å². The smallest absolute Gasteiger partial charge is 0.138 e. The summed E-state index contributed by atoms with van der Waals surface area (Å²) < 4.78 is 0. The summed E-state index contributed by atoms with van der Waals surface area (Å²) in [6.07, 6.45) is 1.87. The number of anilines is 2. The van der Waals surface area contributed by atoms with E-state index < -0.39 is 0 Å². The number of nitrogens with two attached hydrogens (primary N) is 1. The van der Waals surface area contributed by atoms with Crippen molar-refractivity contribution >= 4 is 11.6 Å². The van der Waals surface area contributed by atoms with Crippen molar-refractivity contribution in [1.29, 1.82) is 0 Å². The summed E-state index contributed by atoms with van der Waals surface area (Å²) in [7, 11) is 0. The van der Waals surface area contributed by atoms with Gasteiger partial charge in [-0.3, -0.25) is 4.98 Å². The molecule has 5 heteroatoms. The molecular weight excluding hydrogens is 262 g/mol. The first-order valence-corrected chi connectivity index (χ1v) is 7.07. The van der Waals surface area contributed by atoms with Crippen LogP contribution >= 0.6 is 0 Å². The van der Waals surface area contributed by atoms with Gasteiger partial charge in [0.05, 0.1) is 0 Å². The molecule has 0 aliphatic carbocycles. The molecule has 2 aromatic heterocycles. The van der Waals surface area contributed by atoms with E-state index in [1.54, 1.807) is 0 Å². The molecule has 0 aliphatic rings. The van der Waals surface area contributed by atoms with E-state index in [0.29, 0.717) is 12.4 Å². The number of hydrogen-bond acceptors (Lipinski definition) is 5. The van der Waals surface area contributed by atoms with Crippen LogP contribution < -0.4 is 11.1 Å². The van der Waals surface area contributed by atoms with Gasteiger partial charge in [0.25, 0.3) is 0 Å². The zero-order valence-electron chi connectivity index (χ0n) is 13.4. The van der Waals surface area contributed by atoms with Crippen LogP contribution in [0.25, 0.3) is 0 Å². The molecule has 0 radical (unpaired) electrons. The SMILES string of the molecule is Cc1ccc(CNc2nc(C(C)(C)C)nc(N)c2C)cn1. The Morgan fingerprint density at radius 3 is 2.43 bits per heavy atom. The van der Waals surface area contributed by atoms with Gasteiger partial charge in [-0.15, -0.1) is 0 Å². The van der Waals surface area contributed by atoms with Gasteiger partial charge >= 0.3 is 0 Å². The van der Waals surface area contributed by atoms with E-state index >= 15 is 0 Å². The number of nitrogen functional groups attached to an aromatic ring is 1. The van der Waals surface area contributed by atoms with Crippen LogP contribution in [0.2, 0.25) is 0 Å². The molecule has 0 amide bonds. The summed E-state index contributed by atoms with van der Waals surface area (Å²) in [5.41, 5.74) is 8.86. The maximum atomic E-state index is 6.00. The van der Waals surface area contributed by atoms with Crippen molar-refractivity contribution < 1.29 is 0 Å². The first-order valence-electron chi connectivity index (χ1n) is 7.07. The highest BCUT2D eigenvalue weighted by Gasteiger charge is 2.20. The average Bonchev–Trinajstić information content (AvgIpc) is 2.41. The first kappa shape index (κ1) is 15.2. The van der Waals surface area contributed by atoms with Crippen molar-refractivity contribution in [2.75, 3.05) is 11.1 Å². The maximum absolute atomic E-state index is 6.00. The second-order valence-electron chi connectivity index (χ2n) is 6.32. The predicted molar refractivity (Wildman–Crippen MR) is 86.2 cm³/mol. The van der Waals surface area contributed by atoms with Crippen molar-refractivity contribution in [3.8, 4) is 0 Å². The molecule has 0 aliphatic heterocycles. The van der Waals surface area contributed by atoms with E-state index in [9.17, 15) is 0 Å². The van der Waals surface area contributed by atoms with Crippen LogP contribution in [0.3, 0.4) is 0 Å². The topological polar surface area (TPSA) is 76.7 Å². The van der Waals surface area contributed by atoms with Gasteiger partial charge in [-0.25, -0.2) is 9.97 Å². The lowest BCUT2D eigenvalue weighted by Crippen LogP contribution is -2.19. The molecule has 0 spiro atoms. The summed E-state index contributed by atoms with van der Waals surface area (Å²) in [4.78, 5) is 13.3. The van der Waals surface area contributed by atoms with Crippen LogP contribution in [-0.2, 0) is 12.0 Å². The van der Waals surface area contributed by atoms with Gasteiger partial charge in [-0.2, -0.15) is 0 Å². The Balaban J connectivity index is 2.23. The molecule has 0 saturated heterocycles. The molecule has 5 nitrogen and oxygen atoms in total. The fourth-order valence-electron chi connectivity index (χ4n) is 1.83. The lowest BCUT2D eigenvalue weighted by Gasteiger charge is -2.19. The molecule has 0 aromatic carbocycles. The van der Waals surface area contributed by atoms with Gasteiger partial charge in [0, 0.05) is 29.4 Å². The second kappa shape index (κ2) is 5.68. The molecule has 0 fully saturated rings. The van der Waals surface area contributed by atoms with Crippen LogP contribution in [0.5, 0.6) is 0 Å². The van der Waals surface area contributed by atoms with Crippen LogP contribution in [0, 0.1) is 13.8 Å². The molecule has 0 saturated carbocycles. The minimum atomic E-state index is -0.135. The predicted octanol–water partition coefficient (Wildman–Crippen LogP) is 2.98. The number of aryl methyl sites for hydroxylation is 1. The molecule has 112 valence electrons. The van der Waals surface area contributed by atoms with E-state index in [1.165, 1.54) is 0 Å². The fraction of sp³-hybridized carbons (Fsp3) is 0.438. The van der Waals surface area contributed by atoms with Gasteiger partial charge in [0.1, 0.15) is 17.5 Å². The molecule has 3 N–H and O–H groups in total. The molecule has 0 atom stereocenters. The van der Waals surface area contributed by atoms with Crippen LogP contribution in [-0.4, -0.2) is 15.0 Å². The van der Waals surface area contributed by atoms with Crippen molar-refractivity contribution in [3.63, 3.8) is 0 Å². The Bertz CT molecular complexity index is 626. The number of nitrogens with zero attached hydrogens (tertiary/aromatic N) is 3. The average molecular weight is 285 g/mol. The van der Waals surface area contributed by atoms with Crippen LogP contribution in [0.4, 0.5) is 11.6 Å². The summed E-state index contributed by atoms with van der Waals surface area (Å²) in [5.74, 6) is 2.06. The molecule has 2 aromatic rings. The van der Waals surface area contributed by atoms with E-state index in [2.05, 4.69) is 47.1 Å². The lowest BCUT2D eigenvalue weighted by atomic mass is 9.95. The van der Waals surface area contributed by atoms with Gasteiger partial charge in [-0.1, -0.05) is 26.8 Å². The Morgan fingerprint density at radius 1 is 1.14 bits per heavy atom. The minimum Gasteiger partial charge on any atom is -0.383 e. The summed E-state index contributed by atoms with van der Waals surface area (Å²) in [6.45, 7) is 10.8. The number of hydrogen-bond donors (Lipinski definition) is 2. The normalized spacial score (nSPS) is 11.5. The summed E-state index contributed by atoms with van der Waals surface area (Å²) in [5, 5.41) is 3.33. The first-order chi connectivity index (χ1) is 9.77. The van der Waals surface area contributed by atoms with Gasteiger partial charge < -0.3 is 11.1 Å². The van der Waals surface area contributed by atoms with Crippen LogP contribution in [0.15, 0.2) is 18.3 Å². The van der Waals surface area contributed by atoms with E-state index in [1.807, 2.05) is 26.1 Å². The highest BCUT2D eigenvalue weighted by atomic mass is 15.1. The van der Waals surface area contributed by atoms with E-state index in [-0.39, 0.29) is 5.41 Å². The minimum absolute atomic E-state index is 0.135. The highest BCUT2D eigenvalue weighted by molar-refractivity contribution is 5.55. The molecular formula is C16H23N5. The van der Waals surface area contributed by atoms with E-state index in [0.717, 1.165) is 28.5 Å². The third-order valence-electron chi connectivity index (χ3n) is 3.29. The summed E-state index contributed by atoms with van der Waals surface area (Å²) in [6, 6.07) is 4.05. The fourth-order valence-corrected chi connectivity index (χ4v) is 1.83. The van der Waals surface area contributed by atoms with Gasteiger partial charge in [0.2, 0.25) is 0 Å². The number of aromatic nitrogens is 3. The molecule has 21 heavy (non-hydrogen) atoms. The second-order valence-corrected chi connectivity index (χ2v) is 6.32. The van der Waals surface area contributed by atoms with Crippen molar-refractivity contribution in [2.24, 2.45) is 0 Å². The Labute approximate surface area is 126 Å². The molecule has 2 rings (SSSR count). The maximum Gasteiger partial charge on any atom is 0.138 e. The molecule has 0 unspecified atom stereocenters. The van der Waals surface area contributed by atoms with E-state index in [4.69, 9.17) is 5.73 Å². The standard InChI is InChI=1S/C16H23N5/c1-10-6-7-12(8-18-10)9-19-14-11(2)13(17)20-15(21-14)16(3,4)5/h6-8H,9H2,1-5H3,(H3,17,19,20,21). The Kier molecular flexibility index (Phi) is 4.11. The monoisotopic (exact) mass is 285 g/mol. The Morgan fingerprint density at radius 2 is 1.86 bits per heavy atom.